The molecule has 1 aromatic heterocycles. The first-order chi connectivity index (χ1) is 13.6. The number of aromatic nitrogens is 1. The zero-order valence-corrected chi connectivity index (χ0v) is 17.3. The van der Waals surface area contributed by atoms with Gasteiger partial charge in [-0.2, -0.15) is 0 Å². The van der Waals surface area contributed by atoms with E-state index in [-0.39, 0.29) is 12.2 Å². The fraction of sp³-hybridized carbons (Fsp3) is 0.524. The van der Waals surface area contributed by atoms with Gasteiger partial charge in [0, 0.05) is 16.9 Å². The minimum absolute atomic E-state index is 0.00666. The normalized spacial score (nSPS) is 19.2. The molecule has 4 rings (SSSR count). The van der Waals surface area contributed by atoms with Gasteiger partial charge in [0.15, 0.2) is 11.4 Å². The summed E-state index contributed by atoms with van der Waals surface area (Å²) in [7, 11) is 0. The molecule has 0 aliphatic carbocycles. The first-order valence-corrected chi connectivity index (χ1v) is 10.7. The van der Waals surface area contributed by atoms with Crippen molar-refractivity contribution in [1.82, 2.24) is 9.88 Å². The Balaban J connectivity index is 1.27. The van der Waals surface area contributed by atoms with Crippen LogP contribution in [0.1, 0.15) is 24.0 Å². The Bertz CT molecular complexity index is 824. The van der Waals surface area contributed by atoms with E-state index in [2.05, 4.69) is 47.2 Å². The van der Waals surface area contributed by atoms with E-state index in [4.69, 9.17) is 9.47 Å². The quantitative estimate of drug-likeness (QED) is 0.831. The van der Waals surface area contributed by atoms with Crippen molar-refractivity contribution < 1.29 is 14.3 Å². The molecule has 0 saturated carbocycles. The second-order valence-electron chi connectivity index (χ2n) is 7.61. The van der Waals surface area contributed by atoms with Gasteiger partial charge in [-0.3, -0.25) is 9.69 Å². The number of likely N-dealkylation sites (tertiary alicyclic amines) is 1. The highest BCUT2D eigenvalue weighted by atomic mass is 32.1. The van der Waals surface area contributed by atoms with Crippen molar-refractivity contribution in [2.24, 2.45) is 5.92 Å². The van der Waals surface area contributed by atoms with Crippen LogP contribution in [0.5, 0.6) is 0 Å². The van der Waals surface area contributed by atoms with Gasteiger partial charge < -0.3 is 14.8 Å². The third-order valence-corrected chi connectivity index (χ3v) is 6.34. The van der Waals surface area contributed by atoms with E-state index in [0.29, 0.717) is 30.8 Å². The first-order valence-electron chi connectivity index (χ1n) is 9.87. The van der Waals surface area contributed by atoms with E-state index >= 15 is 0 Å². The molecule has 150 valence electrons. The van der Waals surface area contributed by atoms with Gasteiger partial charge in [0.25, 0.3) is 0 Å². The van der Waals surface area contributed by atoms with Gasteiger partial charge in [0.05, 0.1) is 25.5 Å². The van der Waals surface area contributed by atoms with Crippen LogP contribution in [0.15, 0.2) is 23.6 Å². The van der Waals surface area contributed by atoms with Crippen LogP contribution in [0.3, 0.4) is 0 Å². The lowest BCUT2D eigenvalue weighted by Crippen LogP contribution is -2.41. The molecule has 2 fully saturated rings. The molecule has 2 aromatic rings. The number of piperidine rings is 1. The fourth-order valence-corrected chi connectivity index (χ4v) is 4.49. The Morgan fingerprint density at radius 2 is 1.96 bits per heavy atom. The standard InChI is InChI=1S/C21H27N3O3S/c1-14-3-4-17(11-15(14)2)18-13-28-21(22-18)23-19(25)12-24-7-5-16(6-8-24)20-26-9-10-27-20/h3-4,11,13,16,20H,5-10,12H2,1-2H3,(H,22,23,25). The molecule has 0 spiro atoms. The second-order valence-corrected chi connectivity index (χ2v) is 8.47. The van der Waals surface area contributed by atoms with E-state index in [1.165, 1.54) is 22.5 Å². The summed E-state index contributed by atoms with van der Waals surface area (Å²) in [5.41, 5.74) is 4.49. The van der Waals surface area contributed by atoms with Crippen LogP contribution in [0, 0.1) is 19.8 Å². The summed E-state index contributed by atoms with van der Waals surface area (Å²) in [4.78, 5) is 19.2. The molecule has 2 saturated heterocycles. The van der Waals surface area contributed by atoms with Crippen LogP contribution < -0.4 is 5.32 Å². The maximum absolute atomic E-state index is 12.4. The molecular formula is C21H27N3O3S. The number of rotatable bonds is 5. The fourth-order valence-electron chi connectivity index (χ4n) is 3.76. The Hall–Kier alpha value is -1.80. The summed E-state index contributed by atoms with van der Waals surface area (Å²) in [6.07, 6.45) is 1.97. The van der Waals surface area contributed by atoms with Gasteiger partial charge in [-0.15, -0.1) is 11.3 Å². The molecular weight excluding hydrogens is 374 g/mol. The third-order valence-electron chi connectivity index (χ3n) is 5.59. The summed E-state index contributed by atoms with van der Waals surface area (Å²) in [6, 6.07) is 6.32. The van der Waals surface area contributed by atoms with Crippen molar-refractivity contribution in [2.75, 3.05) is 38.2 Å². The van der Waals surface area contributed by atoms with Crippen molar-refractivity contribution in [3.05, 3.63) is 34.7 Å². The number of amides is 1. The van der Waals surface area contributed by atoms with Crippen LogP contribution in [-0.4, -0.2) is 54.9 Å². The summed E-state index contributed by atoms with van der Waals surface area (Å²) in [6.45, 7) is 7.79. The van der Waals surface area contributed by atoms with Crippen LogP contribution in [0.2, 0.25) is 0 Å². The van der Waals surface area contributed by atoms with E-state index in [9.17, 15) is 4.79 Å². The highest BCUT2D eigenvalue weighted by molar-refractivity contribution is 7.14. The topological polar surface area (TPSA) is 63.7 Å². The lowest BCUT2D eigenvalue weighted by Gasteiger charge is -2.33. The molecule has 1 aromatic carbocycles. The zero-order valence-electron chi connectivity index (χ0n) is 16.4. The van der Waals surface area contributed by atoms with Gasteiger partial charge >= 0.3 is 0 Å². The number of hydrogen-bond acceptors (Lipinski definition) is 6. The van der Waals surface area contributed by atoms with Gasteiger partial charge in [0.1, 0.15) is 0 Å². The number of anilines is 1. The Kier molecular flexibility index (Phi) is 6.06. The Morgan fingerprint density at radius 3 is 2.68 bits per heavy atom. The van der Waals surface area contributed by atoms with Crippen LogP contribution in [0.25, 0.3) is 11.3 Å². The number of benzene rings is 1. The molecule has 3 heterocycles. The third kappa shape index (κ3) is 4.60. The predicted molar refractivity (Wildman–Crippen MR) is 111 cm³/mol. The molecule has 1 N–H and O–H groups in total. The van der Waals surface area contributed by atoms with Gasteiger partial charge in [-0.1, -0.05) is 12.1 Å². The van der Waals surface area contributed by atoms with E-state index in [0.717, 1.165) is 37.2 Å². The smallest absolute Gasteiger partial charge is 0.240 e. The van der Waals surface area contributed by atoms with Crippen LogP contribution >= 0.6 is 11.3 Å². The number of carbonyl (C=O) groups is 1. The molecule has 6 nitrogen and oxygen atoms in total. The molecule has 0 unspecified atom stereocenters. The molecule has 0 atom stereocenters. The number of nitrogens with one attached hydrogen (secondary N) is 1. The van der Waals surface area contributed by atoms with Crippen LogP contribution in [0.4, 0.5) is 5.13 Å². The minimum atomic E-state index is -0.0462. The van der Waals surface area contributed by atoms with E-state index in [1.54, 1.807) is 0 Å². The minimum Gasteiger partial charge on any atom is -0.350 e. The monoisotopic (exact) mass is 401 g/mol. The molecule has 0 radical (unpaired) electrons. The van der Waals surface area contributed by atoms with Crippen molar-refractivity contribution in [2.45, 2.75) is 33.0 Å². The largest absolute Gasteiger partial charge is 0.350 e. The molecule has 28 heavy (non-hydrogen) atoms. The average molecular weight is 402 g/mol. The molecule has 2 aliphatic heterocycles. The maximum atomic E-state index is 12.4. The molecule has 0 bridgehead atoms. The molecule has 7 heteroatoms. The van der Waals surface area contributed by atoms with Crippen molar-refractivity contribution in [3.8, 4) is 11.3 Å². The first kappa shape index (κ1) is 19.5. The van der Waals surface area contributed by atoms with Crippen molar-refractivity contribution in [3.63, 3.8) is 0 Å². The molecule has 1 amide bonds. The summed E-state index contributed by atoms with van der Waals surface area (Å²) in [5, 5.41) is 5.60. The lowest BCUT2D eigenvalue weighted by molar-refractivity contribution is -0.119. The number of carbonyl (C=O) groups excluding carboxylic acids is 1. The number of nitrogens with zero attached hydrogens (tertiary/aromatic N) is 2. The summed E-state index contributed by atoms with van der Waals surface area (Å²) < 4.78 is 11.2. The highest BCUT2D eigenvalue weighted by Gasteiger charge is 2.30. The number of thiazole rings is 1. The van der Waals surface area contributed by atoms with Crippen LogP contribution in [-0.2, 0) is 14.3 Å². The van der Waals surface area contributed by atoms with Gasteiger partial charge in [-0.25, -0.2) is 4.98 Å². The second kappa shape index (κ2) is 8.69. The van der Waals surface area contributed by atoms with Crippen molar-refractivity contribution >= 4 is 22.4 Å². The number of hydrogen-bond donors (Lipinski definition) is 1. The average Bonchev–Trinajstić information content (AvgIpc) is 3.37. The highest BCUT2D eigenvalue weighted by Crippen LogP contribution is 2.27. The van der Waals surface area contributed by atoms with E-state index in [1.807, 2.05) is 5.38 Å². The SMILES string of the molecule is Cc1ccc(-c2csc(NC(=O)CN3CCC(C4OCCO4)CC3)n2)cc1C. The maximum Gasteiger partial charge on any atom is 0.240 e. The number of ether oxygens (including phenoxy) is 2. The summed E-state index contributed by atoms with van der Waals surface area (Å²) in [5.74, 6) is 0.439. The Morgan fingerprint density at radius 1 is 1.21 bits per heavy atom. The lowest BCUT2D eigenvalue weighted by atomic mass is 9.96. The van der Waals surface area contributed by atoms with Gasteiger partial charge in [0.2, 0.25) is 5.91 Å². The Labute approximate surface area is 169 Å². The summed E-state index contributed by atoms with van der Waals surface area (Å²) >= 11 is 1.47. The van der Waals surface area contributed by atoms with Gasteiger partial charge in [-0.05, 0) is 57.0 Å². The van der Waals surface area contributed by atoms with E-state index < -0.39 is 0 Å². The van der Waals surface area contributed by atoms with Crippen molar-refractivity contribution in [1.29, 1.82) is 0 Å². The predicted octanol–water partition coefficient (Wildman–Crippen LogP) is 3.45. The zero-order chi connectivity index (χ0) is 19.5. The molecule has 2 aliphatic rings. The number of aryl methyl sites for hydroxylation is 2.